The molecule has 2 atom stereocenters. The Bertz CT molecular complexity index is 890. The highest BCUT2D eigenvalue weighted by atomic mass is 16.1. The van der Waals surface area contributed by atoms with Gasteiger partial charge in [-0.05, 0) is 47.7 Å². The number of amides is 1. The van der Waals surface area contributed by atoms with Crippen molar-refractivity contribution in [2.75, 3.05) is 59.4 Å². The molecule has 0 bridgehead atoms. The van der Waals surface area contributed by atoms with Gasteiger partial charge in [-0.15, -0.1) is 0 Å². The Kier molecular flexibility index (Phi) is 7.82. The predicted molar refractivity (Wildman–Crippen MR) is 133 cm³/mol. The van der Waals surface area contributed by atoms with E-state index in [9.17, 15) is 4.79 Å². The highest BCUT2D eigenvalue weighted by Gasteiger charge is 2.33. The van der Waals surface area contributed by atoms with E-state index in [0.29, 0.717) is 11.8 Å². The van der Waals surface area contributed by atoms with Crippen molar-refractivity contribution in [1.82, 2.24) is 20.0 Å². The molecule has 0 aliphatic carbocycles. The lowest BCUT2D eigenvalue weighted by Crippen LogP contribution is -2.51. The normalized spacial score (nSPS) is 23.6. The summed E-state index contributed by atoms with van der Waals surface area (Å²) in [5.74, 6) is 1.35. The number of nitrogens with zero attached hydrogens (tertiary/aromatic N) is 3. The number of hydrogen-bond acceptors (Lipinski definition) is 4. The smallest absolute Gasteiger partial charge is 0.224 e. The van der Waals surface area contributed by atoms with E-state index in [2.05, 4.69) is 83.4 Å². The van der Waals surface area contributed by atoms with Crippen LogP contribution >= 0.6 is 0 Å². The van der Waals surface area contributed by atoms with Gasteiger partial charge >= 0.3 is 0 Å². The lowest BCUT2D eigenvalue weighted by molar-refractivity contribution is -0.128. The minimum Gasteiger partial charge on any atom is -0.356 e. The first-order valence-electron chi connectivity index (χ1n) is 12.3. The van der Waals surface area contributed by atoms with Crippen molar-refractivity contribution in [3.8, 4) is 0 Å². The molecule has 2 aliphatic rings. The van der Waals surface area contributed by atoms with Gasteiger partial charge in [0.2, 0.25) is 5.91 Å². The van der Waals surface area contributed by atoms with Crippen molar-refractivity contribution in [2.24, 2.45) is 17.8 Å². The Hall–Kier alpha value is -1.95. The van der Waals surface area contributed by atoms with Gasteiger partial charge in [0.25, 0.3) is 0 Å². The second kappa shape index (κ2) is 10.8. The van der Waals surface area contributed by atoms with E-state index >= 15 is 0 Å². The summed E-state index contributed by atoms with van der Waals surface area (Å²) in [5, 5.41) is 5.78. The van der Waals surface area contributed by atoms with E-state index in [1.807, 2.05) is 0 Å². The van der Waals surface area contributed by atoms with Gasteiger partial charge in [-0.2, -0.15) is 0 Å². The molecule has 0 saturated carbocycles. The van der Waals surface area contributed by atoms with Gasteiger partial charge in [0, 0.05) is 58.9 Å². The van der Waals surface area contributed by atoms with Crippen LogP contribution in [-0.2, 0) is 11.3 Å². The predicted octanol–water partition coefficient (Wildman–Crippen LogP) is 3.30. The number of rotatable bonds is 7. The fourth-order valence-corrected chi connectivity index (χ4v) is 5.19. The molecule has 2 heterocycles. The zero-order valence-corrected chi connectivity index (χ0v) is 20.1. The summed E-state index contributed by atoms with van der Waals surface area (Å²) < 4.78 is 0. The molecule has 2 saturated heterocycles. The zero-order chi connectivity index (χ0) is 22.5. The number of carbonyl (C=O) groups is 1. The summed E-state index contributed by atoms with van der Waals surface area (Å²) >= 11 is 0. The Morgan fingerprint density at radius 2 is 1.75 bits per heavy atom. The monoisotopic (exact) mass is 436 g/mol. The van der Waals surface area contributed by atoms with Crippen LogP contribution in [0.3, 0.4) is 0 Å². The van der Waals surface area contributed by atoms with Crippen LogP contribution in [0.2, 0.25) is 0 Å². The molecule has 2 aromatic carbocycles. The van der Waals surface area contributed by atoms with Crippen LogP contribution in [0, 0.1) is 17.8 Å². The maximum atomic E-state index is 13.0. The number of likely N-dealkylation sites (tertiary alicyclic amines) is 1. The molecule has 0 unspecified atom stereocenters. The third-order valence-corrected chi connectivity index (χ3v) is 7.00. The van der Waals surface area contributed by atoms with Crippen LogP contribution in [-0.4, -0.2) is 80.0 Å². The minimum absolute atomic E-state index is 0.0837. The average molecular weight is 437 g/mol. The first-order valence-corrected chi connectivity index (χ1v) is 12.3. The highest BCUT2D eigenvalue weighted by Crippen LogP contribution is 2.26. The van der Waals surface area contributed by atoms with Crippen molar-refractivity contribution in [3.63, 3.8) is 0 Å². The highest BCUT2D eigenvalue weighted by molar-refractivity contribution is 5.83. The molecule has 0 aromatic heterocycles. The minimum atomic E-state index is 0.0837. The molecule has 2 aliphatic heterocycles. The fourth-order valence-electron chi connectivity index (χ4n) is 5.19. The van der Waals surface area contributed by atoms with E-state index in [1.54, 1.807) is 0 Å². The molecule has 2 fully saturated rings. The summed E-state index contributed by atoms with van der Waals surface area (Å²) in [6.45, 7) is 13.6. The number of likely N-dealkylation sites (N-methyl/N-ethyl adjacent to an activating group) is 1. The van der Waals surface area contributed by atoms with Crippen LogP contribution in [0.25, 0.3) is 10.8 Å². The molecular weight excluding hydrogens is 396 g/mol. The number of hydrogen-bond donors (Lipinski definition) is 1. The van der Waals surface area contributed by atoms with Crippen LogP contribution in [0.15, 0.2) is 42.5 Å². The molecule has 5 nitrogen and oxygen atoms in total. The topological polar surface area (TPSA) is 38.8 Å². The van der Waals surface area contributed by atoms with Crippen molar-refractivity contribution >= 4 is 16.7 Å². The van der Waals surface area contributed by atoms with Crippen molar-refractivity contribution in [2.45, 2.75) is 26.8 Å². The standard InChI is InChI=1S/C27H40N4O/c1-21(2)16-28-27(32)26-15-23(18-30-12-10-29(3)11-13-30)19-31(20-26)17-22-8-9-24-6-4-5-7-25(24)14-22/h4-9,14,21,23,26H,10-13,15-20H2,1-3H3,(H,28,32)/t23-,26-/m1/s1. The fraction of sp³-hybridized carbons (Fsp3) is 0.593. The molecule has 1 amide bonds. The Morgan fingerprint density at radius 1 is 1.00 bits per heavy atom. The number of fused-ring (bicyclic) bond motifs is 1. The van der Waals surface area contributed by atoms with Gasteiger partial charge in [0.15, 0.2) is 0 Å². The van der Waals surface area contributed by atoms with E-state index in [-0.39, 0.29) is 11.8 Å². The summed E-state index contributed by atoms with van der Waals surface area (Å²) in [7, 11) is 2.21. The summed E-state index contributed by atoms with van der Waals surface area (Å²) in [6.07, 6.45) is 1.00. The lowest BCUT2D eigenvalue weighted by atomic mass is 9.87. The van der Waals surface area contributed by atoms with Crippen molar-refractivity contribution in [1.29, 1.82) is 0 Å². The number of nitrogens with one attached hydrogen (secondary N) is 1. The summed E-state index contributed by atoms with van der Waals surface area (Å²) in [6, 6.07) is 15.3. The number of piperazine rings is 1. The molecule has 1 N–H and O–H groups in total. The molecule has 32 heavy (non-hydrogen) atoms. The second-order valence-electron chi connectivity index (χ2n) is 10.4. The van der Waals surface area contributed by atoms with Crippen molar-refractivity contribution in [3.05, 3.63) is 48.0 Å². The Labute approximate surface area is 193 Å². The first kappa shape index (κ1) is 23.2. The molecule has 0 spiro atoms. The van der Waals surface area contributed by atoms with Crippen LogP contribution in [0.5, 0.6) is 0 Å². The van der Waals surface area contributed by atoms with Crippen LogP contribution < -0.4 is 5.32 Å². The Balaban J connectivity index is 1.44. The number of benzene rings is 2. The summed E-state index contributed by atoms with van der Waals surface area (Å²) in [4.78, 5) is 20.5. The molecule has 2 aromatic rings. The van der Waals surface area contributed by atoms with E-state index in [4.69, 9.17) is 0 Å². The largest absolute Gasteiger partial charge is 0.356 e. The maximum Gasteiger partial charge on any atom is 0.224 e. The van der Waals surface area contributed by atoms with Gasteiger partial charge in [0.05, 0.1) is 5.92 Å². The SMILES string of the molecule is CC(C)CNC(=O)[C@@H]1C[C@H](CN2CCN(C)CC2)CN(Cc2ccc3ccccc3c2)C1. The third-order valence-electron chi connectivity index (χ3n) is 7.00. The summed E-state index contributed by atoms with van der Waals surface area (Å²) in [5.41, 5.74) is 1.34. The Morgan fingerprint density at radius 3 is 2.50 bits per heavy atom. The van der Waals surface area contributed by atoms with Crippen LogP contribution in [0.4, 0.5) is 0 Å². The molecular formula is C27H40N4O. The molecule has 0 radical (unpaired) electrons. The zero-order valence-electron chi connectivity index (χ0n) is 20.1. The number of piperidine rings is 1. The van der Waals surface area contributed by atoms with Gasteiger partial charge in [0.1, 0.15) is 0 Å². The third kappa shape index (κ3) is 6.31. The van der Waals surface area contributed by atoms with E-state index < -0.39 is 0 Å². The second-order valence-corrected chi connectivity index (χ2v) is 10.4. The van der Waals surface area contributed by atoms with Gasteiger partial charge in [-0.25, -0.2) is 0 Å². The quantitative estimate of drug-likeness (QED) is 0.723. The lowest BCUT2D eigenvalue weighted by Gasteiger charge is -2.41. The first-order chi connectivity index (χ1) is 15.5. The molecule has 4 rings (SSSR count). The molecule has 5 heteroatoms. The van der Waals surface area contributed by atoms with E-state index in [0.717, 1.165) is 65.3 Å². The van der Waals surface area contributed by atoms with Crippen molar-refractivity contribution < 1.29 is 4.79 Å². The van der Waals surface area contributed by atoms with Gasteiger partial charge in [-0.3, -0.25) is 9.69 Å². The molecule has 174 valence electrons. The number of carbonyl (C=O) groups excluding carboxylic acids is 1. The average Bonchev–Trinajstić information content (AvgIpc) is 2.79. The van der Waals surface area contributed by atoms with Gasteiger partial charge < -0.3 is 15.1 Å². The van der Waals surface area contributed by atoms with E-state index in [1.165, 1.54) is 16.3 Å². The maximum absolute atomic E-state index is 13.0. The van der Waals surface area contributed by atoms with Crippen LogP contribution in [0.1, 0.15) is 25.8 Å². The van der Waals surface area contributed by atoms with Gasteiger partial charge in [-0.1, -0.05) is 50.2 Å².